The number of ether oxygens (including phenoxy) is 1. The van der Waals surface area contributed by atoms with Crippen molar-refractivity contribution in [2.45, 2.75) is 18.8 Å². The first-order chi connectivity index (χ1) is 10.7. The van der Waals surface area contributed by atoms with Crippen LogP contribution in [0.25, 0.3) is 0 Å². The maximum absolute atomic E-state index is 11.5. The van der Waals surface area contributed by atoms with Gasteiger partial charge >= 0.3 is 5.97 Å². The lowest BCUT2D eigenvalue weighted by Crippen LogP contribution is -2.06. The number of aliphatic hydroxyl groups is 1. The van der Waals surface area contributed by atoms with Crippen LogP contribution in [0.5, 0.6) is 0 Å². The number of carbonyl (C=O) groups is 1. The number of esters is 1. The summed E-state index contributed by atoms with van der Waals surface area (Å²) in [5.74, 6) is -0.224. The third kappa shape index (κ3) is 4.18. The van der Waals surface area contributed by atoms with Crippen LogP contribution in [0.4, 0.5) is 0 Å². The van der Waals surface area contributed by atoms with Gasteiger partial charge in [-0.2, -0.15) is 0 Å². The Labute approximate surface area is 139 Å². The van der Waals surface area contributed by atoms with Gasteiger partial charge in [0.2, 0.25) is 0 Å². The van der Waals surface area contributed by atoms with E-state index in [0.717, 1.165) is 28.4 Å². The molecule has 0 heterocycles. The second-order valence-corrected chi connectivity index (χ2v) is 5.98. The van der Waals surface area contributed by atoms with E-state index < -0.39 is 0 Å². The third-order valence-corrected chi connectivity index (χ3v) is 4.47. The molecule has 0 saturated heterocycles. The van der Waals surface area contributed by atoms with E-state index in [1.54, 1.807) is 12.1 Å². The van der Waals surface area contributed by atoms with Crippen molar-refractivity contribution in [2.24, 2.45) is 0 Å². The quantitative estimate of drug-likeness (QED) is 0.791. The fourth-order valence-corrected chi connectivity index (χ4v) is 2.99. The molecule has 4 heteroatoms. The Balaban J connectivity index is 2.06. The van der Waals surface area contributed by atoms with Crippen molar-refractivity contribution in [3.8, 4) is 0 Å². The number of rotatable bonds is 6. The summed E-state index contributed by atoms with van der Waals surface area (Å²) < 4.78 is 5.60. The van der Waals surface area contributed by atoms with Crippen molar-refractivity contribution in [3.63, 3.8) is 0 Å². The van der Waals surface area contributed by atoms with Gasteiger partial charge in [-0.05, 0) is 36.1 Å². The Morgan fingerprint density at radius 3 is 2.55 bits per heavy atom. The molecule has 1 atom stereocenters. The van der Waals surface area contributed by atoms with Crippen LogP contribution in [0.3, 0.4) is 0 Å². The summed E-state index contributed by atoms with van der Waals surface area (Å²) >= 11 is 3.50. The molecule has 3 nitrogen and oxygen atoms in total. The van der Waals surface area contributed by atoms with Crippen molar-refractivity contribution in [3.05, 3.63) is 69.7 Å². The highest BCUT2D eigenvalue weighted by Gasteiger charge is 2.13. The van der Waals surface area contributed by atoms with Gasteiger partial charge in [-0.3, -0.25) is 0 Å². The monoisotopic (exact) mass is 362 g/mol. The molecule has 2 rings (SSSR count). The largest absolute Gasteiger partial charge is 0.465 e. The van der Waals surface area contributed by atoms with Gasteiger partial charge in [0.1, 0.15) is 0 Å². The van der Waals surface area contributed by atoms with Crippen LogP contribution in [0, 0.1) is 0 Å². The number of hydrogen-bond donors (Lipinski definition) is 1. The van der Waals surface area contributed by atoms with E-state index >= 15 is 0 Å². The molecular formula is C18H19BrO3. The summed E-state index contributed by atoms with van der Waals surface area (Å²) in [7, 11) is 1.37. The Bertz CT molecular complexity index is 625. The van der Waals surface area contributed by atoms with E-state index in [-0.39, 0.29) is 18.5 Å². The molecule has 0 aliphatic heterocycles. The molecule has 0 aliphatic rings. The number of hydrogen-bond acceptors (Lipinski definition) is 3. The number of aryl methyl sites for hydroxylation is 1. The zero-order chi connectivity index (χ0) is 15.9. The summed E-state index contributed by atoms with van der Waals surface area (Å²) in [4.78, 5) is 11.5. The van der Waals surface area contributed by atoms with Crippen LogP contribution >= 0.6 is 15.9 Å². The first-order valence-corrected chi connectivity index (χ1v) is 7.97. The van der Waals surface area contributed by atoms with Crippen LogP contribution in [-0.4, -0.2) is 24.8 Å². The number of benzene rings is 2. The molecule has 0 amide bonds. The van der Waals surface area contributed by atoms with Crippen LogP contribution in [0.2, 0.25) is 0 Å². The van der Waals surface area contributed by atoms with Crippen LogP contribution < -0.4 is 0 Å². The molecule has 0 aliphatic carbocycles. The first kappa shape index (κ1) is 16.7. The Kier molecular flexibility index (Phi) is 6.16. The van der Waals surface area contributed by atoms with Crippen LogP contribution in [0.15, 0.2) is 53.0 Å². The normalized spacial score (nSPS) is 12.0. The van der Waals surface area contributed by atoms with E-state index in [2.05, 4.69) is 15.9 Å². The van der Waals surface area contributed by atoms with E-state index in [1.807, 2.05) is 36.4 Å². The lowest BCUT2D eigenvalue weighted by atomic mass is 9.93. The van der Waals surface area contributed by atoms with Gasteiger partial charge in [0.25, 0.3) is 0 Å². The Morgan fingerprint density at radius 1 is 1.23 bits per heavy atom. The number of methoxy groups -OCH3 is 1. The van der Waals surface area contributed by atoms with Crippen molar-refractivity contribution in [1.82, 2.24) is 0 Å². The Morgan fingerprint density at radius 2 is 1.95 bits per heavy atom. The smallest absolute Gasteiger partial charge is 0.337 e. The first-order valence-electron chi connectivity index (χ1n) is 7.18. The summed E-state index contributed by atoms with van der Waals surface area (Å²) in [6, 6.07) is 15.5. The second kappa shape index (κ2) is 8.11. The Hall–Kier alpha value is -1.65. The molecule has 0 bridgehead atoms. The van der Waals surface area contributed by atoms with Gasteiger partial charge in [0.15, 0.2) is 0 Å². The molecule has 116 valence electrons. The molecular weight excluding hydrogens is 344 g/mol. The fraction of sp³-hybridized carbons (Fsp3) is 0.278. The van der Waals surface area contributed by atoms with Crippen molar-refractivity contribution < 1.29 is 14.6 Å². The summed E-state index contributed by atoms with van der Waals surface area (Å²) in [5.41, 5.74) is 2.79. The number of halogens is 1. The van der Waals surface area contributed by atoms with E-state index in [1.165, 1.54) is 7.11 Å². The highest BCUT2D eigenvalue weighted by molar-refractivity contribution is 9.10. The van der Waals surface area contributed by atoms with Gasteiger partial charge in [0.05, 0.1) is 12.7 Å². The van der Waals surface area contributed by atoms with E-state index in [0.29, 0.717) is 5.56 Å². The fourth-order valence-electron chi connectivity index (χ4n) is 2.41. The van der Waals surface area contributed by atoms with Gasteiger partial charge in [-0.1, -0.05) is 52.3 Å². The highest BCUT2D eigenvalue weighted by atomic mass is 79.9. The molecule has 1 N–H and O–H groups in total. The molecule has 2 aromatic rings. The summed E-state index contributed by atoms with van der Waals surface area (Å²) in [5, 5.41) is 9.60. The second-order valence-electron chi connectivity index (χ2n) is 5.13. The van der Waals surface area contributed by atoms with Gasteiger partial charge in [-0.25, -0.2) is 4.79 Å². The van der Waals surface area contributed by atoms with Crippen molar-refractivity contribution >= 4 is 21.9 Å². The molecule has 0 saturated carbocycles. The number of carbonyl (C=O) groups excluding carboxylic acids is 1. The predicted octanol–water partition coefficient (Wildman–Crippen LogP) is 3.94. The molecule has 22 heavy (non-hydrogen) atoms. The molecule has 2 aromatic carbocycles. The maximum Gasteiger partial charge on any atom is 0.337 e. The minimum atomic E-state index is -0.343. The van der Waals surface area contributed by atoms with Crippen LogP contribution in [-0.2, 0) is 11.2 Å². The van der Waals surface area contributed by atoms with Gasteiger partial charge < -0.3 is 9.84 Å². The van der Waals surface area contributed by atoms with E-state index in [9.17, 15) is 9.90 Å². The molecule has 0 aromatic heterocycles. The van der Waals surface area contributed by atoms with Crippen molar-refractivity contribution in [1.29, 1.82) is 0 Å². The maximum atomic E-state index is 11.5. The topological polar surface area (TPSA) is 46.5 Å². The molecule has 0 fully saturated rings. The lowest BCUT2D eigenvalue weighted by molar-refractivity contribution is 0.0600. The molecule has 1 unspecified atom stereocenters. The SMILES string of the molecule is COC(=O)c1ccc(CCC(CO)c2ccccc2)c(Br)c1. The zero-order valence-corrected chi connectivity index (χ0v) is 14.0. The molecule has 0 radical (unpaired) electrons. The van der Waals surface area contributed by atoms with Gasteiger partial charge in [-0.15, -0.1) is 0 Å². The number of aliphatic hydroxyl groups excluding tert-OH is 1. The average Bonchev–Trinajstić information content (AvgIpc) is 2.56. The lowest BCUT2D eigenvalue weighted by Gasteiger charge is -2.15. The van der Waals surface area contributed by atoms with Crippen molar-refractivity contribution in [2.75, 3.05) is 13.7 Å². The molecule has 0 spiro atoms. The zero-order valence-electron chi connectivity index (χ0n) is 12.5. The third-order valence-electron chi connectivity index (χ3n) is 3.73. The average molecular weight is 363 g/mol. The predicted molar refractivity (Wildman–Crippen MR) is 90.1 cm³/mol. The minimum absolute atomic E-state index is 0.119. The standard InChI is InChI=1S/C18H19BrO3/c1-22-18(21)15-9-7-14(17(19)11-15)8-10-16(12-20)13-5-3-2-4-6-13/h2-7,9,11,16,20H,8,10,12H2,1H3. The minimum Gasteiger partial charge on any atom is -0.465 e. The summed E-state index contributed by atoms with van der Waals surface area (Å²) in [6.07, 6.45) is 1.67. The van der Waals surface area contributed by atoms with Gasteiger partial charge in [0, 0.05) is 17.0 Å². The highest BCUT2D eigenvalue weighted by Crippen LogP contribution is 2.25. The summed E-state index contributed by atoms with van der Waals surface area (Å²) in [6.45, 7) is 0.127. The van der Waals surface area contributed by atoms with E-state index in [4.69, 9.17) is 4.74 Å². The van der Waals surface area contributed by atoms with Crippen LogP contribution in [0.1, 0.15) is 33.8 Å².